The molecule has 4 heteroatoms. The summed E-state index contributed by atoms with van der Waals surface area (Å²) in [7, 11) is 4.99. The summed E-state index contributed by atoms with van der Waals surface area (Å²) in [6, 6.07) is 3.87. The van der Waals surface area contributed by atoms with Gasteiger partial charge >= 0.3 is 0 Å². The van der Waals surface area contributed by atoms with Gasteiger partial charge in [0.25, 0.3) is 0 Å². The molecule has 0 aliphatic heterocycles. The molecular formula is C12H19NO3. The second kappa shape index (κ2) is 6.23. The maximum atomic E-state index is 5.37. The van der Waals surface area contributed by atoms with E-state index < -0.39 is 0 Å². The molecule has 0 radical (unpaired) electrons. The summed E-state index contributed by atoms with van der Waals surface area (Å²) in [4.78, 5) is 0. The van der Waals surface area contributed by atoms with Crippen molar-refractivity contribution in [3.63, 3.8) is 0 Å². The second-order valence-electron chi connectivity index (χ2n) is 3.39. The molecular weight excluding hydrogens is 206 g/mol. The molecule has 0 saturated carbocycles. The van der Waals surface area contributed by atoms with Crippen molar-refractivity contribution in [1.82, 2.24) is 0 Å². The Bertz CT molecular complexity index is 339. The van der Waals surface area contributed by atoms with Crippen LogP contribution in [-0.2, 0) is 4.74 Å². The van der Waals surface area contributed by atoms with Crippen LogP contribution in [0, 0.1) is 6.92 Å². The molecule has 0 fully saturated rings. The van der Waals surface area contributed by atoms with Gasteiger partial charge in [0.1, 0.15) is 11.5 Å². The van der Waals surface area contributed by atoms with E-state index in [1.165, 1.54) is 0 Å². The van der Waals surface area contributed by atoms with Gasteiger partial charge in [0.15, 0.2) is 0 Å². The van der Waals surface area contributed by atoms with Gasteiger partial charge in [-0.25, -0.2) is 0 Å². The molecule has 16 heavy (non-hydrogen) atoms. The average molecular weight is 225 g/mol. The summed E-state index contributed by atoms with van der Waals surface area (Å²) in [6.07, 6.45) is 0. The summed E-state index contributed by atoms with van der Waals surface area (Å²) in [6.45, 7) is 3.38. The zero-order valence-corrected chi connectivity index (χ0v) is 10.3. The van der Waals surface area contributed by atoms with Gasteiger partial charge in [-0.3, -0.25) is 0 Å². The van der Waals surface area contributed by atoms with Gasteiger partial charge in [-0.05, 0) is 19.1 Å². The highest BCUT2D eigenvalue weighted by Gasteiger charge is 2.10. The topological polar surface area (TPSA) is 39.7 Å². The standard InChI is InChI=1S/C12H19NO3/c1-9-11(15-3)6-5-10(12(9)16-4)13-7-8-14-2/h5-6,13H,7-8H2,1-4H3. The van der Waals surface area contributed by atoms with E-state index in [9.17, 15) is 0 Å². The minimum Gasteiger partial charge on any atom is -0.496 e. The lowest BCUT2D eigenvalue weighted by Crippen LogP contribution is -2.09. The Morgan fingerprint density at radius 3 is 2.44 bits per heavy atom. The normalized spacial score (nSPS) is 10.0. The molecule has 0 bridgehead atoms. The quantitative estimate of drug-likeness (QED) is 0.752. The van der Waals surface area contributed by atoms with E-state index in [1.807, 2.05) is 19.1 Å². The second-order valence-corrected chi connectivity index (χ2v) is 3.39. The van der Waals surface area contributed by atoms with E-state index in [-0.39, 0.29) is 0 Å². The van der Waals surface area contributed by atoms with E-state index in [1.54, 1.807) is 21.3 Å². The summed E-state index contributed by atoms with van der Waals surface area (Å²) in [5.74, 6) is 1.64. The van der Waals surface area contributed by atoms with E-state index in [0.717, 1.165) is 29.3 Å². The van der Waals surface area contributed by atoms with Crippen molar-refractivity contribution in [2.75, 3.05) is 39.8 Å². The molecule has 0 aliphatic rings. The van der Waals surface area contributed by atoms with Crippen molar-refractivity contribution < 1.29 is 14.2 Å². The molecule has 1 aromatic carbocycles. The van der Waals surface area contributed by atoms with E-state index in [4.69, 9.17) is 14.2 Å². The van der Waals surface area contributed by atoms with Crippen LogP contribution in [0.3, 0.4) is 0 Å². The lowest BCUT2D eigenvalue weighted by atomic mass is 10.1. The van der Waals surface area contributed by atoms with Crippen LogP contribution < -0.4 is 14.8 Å². The lowest BCUT2D eigenvalue weighted by molar-refractivity contribution is 0.210. The Labute approximate surface area is 96.5 Å². The first-order valence-electron chi connectivity index (χ1n) is 5.19. The molecule has 4 nitrogen and oxygen atoms in total. The van der Waals surface area contributed by atoms with Crippen LogP contribution in [0.15, 0.2) is 12.1 Å². The van der Waals surface area contributed by atoms with Crippen molar-refractivity contribution in [2.24, 2.45) is 0 Å². The van der Waals surface area contributed by atoms with E-state index in [0.29, 0.717) is 6.61 Å². The van der Waals surface area contributed by atoms with Crippen LogP contribution in [-0.4, -0.2) is 34.5 Å². The zero-order chi connectivity index (χ0) is 12.0. The number of anilines is 1. The molecule has 0 unspecified atom stereocenters. The van der Waals surface area contributed by atoms with Crippen LogP contribution in [0.2, 0.25) is 0 Å². The minimum absolute atomic E-state index is 0.661. The fraction of sp³-hybridized carbons (Fsp3) is 0.500. The molecule has 90 valence electrons. The maximum absolute atomic E-state index is 5.37. The highest BCUT2D eigenvalue weighted by Crippen LogP contribution is 2.34. The number of methoxy groups -OCH3 is 3. The number of hydrogen-bond acceptors (Lipinski definition) is 4. The van der Waals surface area contributed by atoms with Gasteiger partial charge in [-0.2, -0.15) is 0 Å². The zero-order valence-electron chi connectivity index (χ0n) is 10.3. The van der Waals surface area contributed by atoms with Gasteiger partial charge in [-0.1, -0.05) is 0 Å². The number of benzene rings is 1. The Hall–Kier alpha value is -1.42. The van der Waals surface area contributed by atoms with Gasteiger partial charge in [-0.15, -0.1) is 0 Å². The van der Waals surface area contributed by atoms with E-state index in [2.05, 4.69) is 5.32 Å². The number of rotatable bonds is 6. The Balaban J connectivity index is 2.88. The monoisotopic (exact) mass is 225 g/mol. The Kier molecular flexibility index (Phi) is 4.92. The summed E-state index contributed by atoms with van der Waals surface area (Å²) in [5.41, 5.74) is 1.95. The van der Waals surface area contributed by atoms with Gasteiger partial charge in [0.2, 0.25) is 0 Å². The predicted octanol–water partition coefficient (Wildman–Crippen LogP) is 2.07. The van der Waals surface area contributed by atoms with Gasteiger partial charge in [0, 0.05) is 19.2 Å². The first kappa shape index (κ1) is 12.6. The maximum Gasteiger partial charge on any atom is 0.148 e. The number of hydrogen-bond donors (Lipinski definition) is 1. The summed E-state index contributed by atoms with van der Waals surface area (Å²) >= 11 is 0. The third-order valence-electron chi connectivity index (χ3n) is 2.40. The van der Waals surface area contributed by atoms with Crippen LogP contribution in [0.4, 0.5) is 5.69 Å². The minimum atomic E-state index is 0.661. The molecule has 0 aliphatic carbocycles. The summed E-state index contributed by atoms with van der Waals surface area (Å²) < 4.78 is 15.6. The molecule has 0 aromatic heterocycles. The average Bonchev–Trinajstić information content (AvgIpc) is 2.30. The van der Waals surface area contributed by atoms with Crippen LogP contribution in [0.25, 0.3) is 0 Å². The highest BCUT2D eigenvalue weighted by atomic mass is 16.5. The van der Waals surface area contributed by atoms with Crippen molar-refractivity contribution in [3.05, 3.63) is 17.7 Å². The highest BCUT2D eigenvalue weighted by molar-refractivity contribution is 5.63. The number of nitrogens with one attached hydrogen (secondary N) is 1. The largest absolute Gasteiger partial charge is 0.496 e. The smallest absolute Gasteiger partial charge is 0.148 e. The van der Waals surface area contributed by atoms with Crippen molar-refractivity contribution >= 4 is 5.69 Å². The Morgan fingerprint density at radius 1 is 1.12 bits per heavy atom. The van der Waals surface area contributed by atoms with Crippen molar-refractivity contribution in [1.29, 1.82) is 0 Å². The molecule has 1 aromatic rings. The van der Waals surface area contributed by atoms with Crippen LogP contribution in [0.5, 0.6) is 11.5 Å². The molecule has 1 rings (SSSR count). The fourth-order valence-electron chi connectivity index (χ4n) is 1.58. The molecule has 1 N–H and O–H groups in total. The first-order valence-corrected chi connectivity index (χ1v) is 5.19. The van der Waals surface area contributed by atoms with Crippen molar-refractivity contribution in [2.45, 2.75) is 6.92 Å². The predicted molar refractivity (Wildman–Crippen MR) is 64.6 cm³/mol. The van der Waals surface area contributed by atoms with Crippen molar-refractivity contribution in [3.8, 4) is 11.5 Å². The lowest BCUT2D eigenvalue weighted by Gasteiger charge is -2.15. The number of ether oxygens (including phenoxy) is 3. The molecule has 0 heterocycles. The fourth-order valence-corrected chi connectivity index (χ4v) is 1.58. The molecule has 0 saturated heterocycles. The Morgan fingerprint density at radius 2 is 1.88 bits per heavy atom. The van der Waals surface area contributed by atoms with Gasteiger partial charge < -0.3 is 19.5 Å². The molecule has 0 atom stereocenters. The molecule has 0 spiro atoms. The third kappa shape index (κ3) is 2.79. The first-order chi connectivity index (χ1) is 7.74. The van der Waals surface area contributed by atoms with E-state index >= 15 is 0 Å². The third-order valence-corrected chi connectivity index (χ3v) is 2.40. The SMILES string of the molecule is COCCNc1ccc(OC)c(C)c1OC. The van der Waals surface area contributed by atoms with Crippen LogP contribution >= 0.6 is 0 Å². The van der Waals surface area contributed by atoms with Gasteiger partial charge in [0.05, 0.1) is 26.5 Å². The summed E-state index contributed by atoms with van der Waals surface area (Å²) in [5, 5.41) is 3.25. The molecule has 0 amide bonds. The van der Waals surface area contributed by atoms with Crippen LogP contribution in [0.1, 0.15) is 5.56 Å².